The molecule has 1 rings (SSSR count). The molecule has 1 aliphatic rings. The summed E-state index contributed by atoms with van der Waals surface area (Å²) in [5.41, 5.74) is -1.87. The number of hydrogen-bond acceptors (Lipinski definition) is 4. The predicted molar refractivity (Wildman–Crippen MR) is 71.7 cm³/mol. The highest BCUT2D eigenvalue weighted by atomic mass is 16.6. The Morgan fingerprint density at radius 2 is 1.84 bits per heavy atom. The lowest BCUT2D eigenvalue weighted by Crippen LogP contribution is -2.55. The van der Waals surface area contributed by atoms with Crippen molar-refractivity contribution in [2.45, 2.75) is 65.8 Å². The fraction of sp³-hybridized carbons (Fsp3) is 0.857. The minimum atomic E-state index is -0.972. The molecule has 0 aromatic heterocycles. The molecule has 0 aromatic rings. The van der Waals surface area contributed by atoms with E-state index in [4.69, 9.17) is 9.47 Å². The smallest absolute Gasteiger partial charge is 0.413 e. The van der Waals surface area contributed by atoms with E-state index in [0.717, 1.165) is 6.29 Å². The predicted octanol–water partition coefficient (Wildman–Crippen LogP) is 2.58. The van der Waals surface area contributed by atoms with Crippen LogP contribution in [0.2, 0.25) is 0 Å². The fourth-order valence-electron chi connectivity index (χ4n) is 2.00. The lowest BCUT2D eigenvalue weighted by molar-refractivity contribution is -0.117. The van der Waals surface area contributed by atoms with Gasteiger partial charge in [0.25, 0.3) is 0 Å². The third kappa shape index (κ3) is 3.47. The third-order valence-electron chi connectivity index (χ3n) is 2.90. The van der Waals surface area contributed by atoms with Crippen molar-refractivity contribution in [3.63, 3.8) is 0 Å². The van der Waals surface area contributed by atoms with Gasteiger partial charge in [-0.1, -0.05) is 20.8 Å². The Kier molecular flexibility index (Phi) is 4.01. The molecule has 0 saturated carbocycles. The van der Waals surface area contributed by atoms with Crippen LogP contribution < -0.4 is 0 Å². The van der Waals surface area contributed by atoms with Crippen LogP contribution in [0.3, 0.4) is 0 Å². The number of ether oxygens (including phenoxy) is 2. The maximum Gasteiger partial charge on any atom is 0.413 e. The van der Waals surface area contributed by atoms with Gasteiger partial charge in [0.1, 0.15) is 23.7 Å². The first kappa shape index (κ1) is 16.0. The standard InChI is InChI=1S/C14H25NO4/c1-12(2,3)10-15(11(17)19-13(4,5)6)14(7,8-16)9-18-10/h8,10H,9H2,1-7H3. The molecule has 0 aromatic carbocycles. The summed E-state index contributed by atoms with van der Waals surface area (Å²) in [7, 11) is 0. The van der Waals surface area contributed by atoms with Gasteiger partial charge in [0.05, 0.1) is 6.61 Å². The molecular weight excluding hydrogens is 246 g/mol. The number of rotatable bonds is 1. The topological polar surface area (TPSA) is 55.8 Å². The van der Waals surface area contributed by atoms with Crippen LogP contribution in [0.15, 0.2) is 0 Å². The molecule has 1 heterocycles. The molecule has 19 heavy (non-hydrogen) atoms. The molecule has 0 N–H and O–H groups in total. The quantitative estimate of drug-likeness (QED) is 0.688. The number of amides is 1. The molecule has 2 unspecified atom stereocenters. The zero-order chi connectivity index (χ0) is 15.1. The van der Waals surface area contributed by atoms with Crippen molar-refractivity contribution in [3.05, 3.63) is 0 Å². The zero-order valence-corrected chi connectivity index (χ0v) is 12.9. The van der Waals surface area contributed by atoms with Crippen LogP contribution in [0.1, 0.15) is 48.5 Å². The molecule has 0 radical (unpaired) electrons. The highest BCUT2D eigenvalue weighted by Gasteiger charge is 2.52. The molecule has 5 heteroatoms. The average Bonchev–Trinajstić information content (AvgIpc) is 2.54. The minimum absolute atomic E-state index is 0.192. The monoisotopic (exact) mass is 271 g/mol. The van der Waals surface area contributed by atoms with Crippen molar-refractivity contribution in [2.24, 2.45) is 5.41 Å². The number of hydrogen-bond donors (Lipinski definition) is 0. The maximum absolute atomic E-state index is 12.4. The summed E-state index contributed by atoms with van der Waals surface area (Å²) in [5.74, 6) is 0. The molecular formula is C14H25NO4. The first-order valence-corrected chi connectivity index (χ1v) is 6.51. The molecule has 0 aliphatic carbocycles. The van der Waals surface area contributed by atoms with E-state index >= 15 is 0 Å². The number of carbonyl (C=O) groups excluding carboxylic acids is 2. The fourth-order valence-corrected chi connectivity index (χ4v) is 2.00. The van der Waals surface area contributed by atoms with Crippen LogP contribution in [-0.2, 0) is 14.3 Å². The van der Waals surface area contributed by atoms with Crippen LogP contribution in [0.5, 0.6) is 0 Å². The highest BCUT2D eigenvalue weighted by molar-refractivity contribution is 5.77. The van der Waals surface area contributed by atoms with Gasteiger partial charge in [-0.05, 0) is 27.7 Å². The molecule has 5 nitrogen and oxygen atoms in total. The van der Waals surface area contributed by atoms with E-state index in [1.54, 1.807) is 27.7 Å². The van der Waals surface area contributed by atoms with Gasteiger partial charge in [0.2, 0.25) is 0 Å². The van der Waals surface area contributed by atoms with Crippen molar-refractivity contribution in [2.75, 3.05) is 6.61 Å². The minimum Gasteiger partial charge on any atom is -0.444 e. The Bertz CT molecular complexity index is 367. The Morgan fingerprint density at radius 3 is 2.21 bits per heavy atom. The summed E-state index contributed by atoms with van der Waals surface area (Å²) in [6.07, 6.45) is -0.236. The number of carbonyl (C=O) groups is 2. The second-order valence-corrected chi connectivity index (χ2v) is 7.35. The molecule has 1 aliphatic heterocycles. The van der Waals surface area contributed by atoms with Crippen molar-refractivity contribution >= 4 is 12.4 Å². The van der Waals surface area contributed by atoms with Crippen LogP contribution >= 0.6 is 0 Å². The molecule has 1 amide bonds. The molecule has 0 bridgehead atoms. The Hall–Kier alpha value is -1.10. The van der Waals surface area contributed by atoms with Crippen molar-refractivity contribution in [3.8, 4) is 0 Å². The van der Waals surface area contributed by atoms with Crippen LogP contribution in [0, 0.1) is 5.41 Å². The highest BCUT2D eigenvalue weighted by Crippen LogP contribution is 2.37. The second-order valence-electron chi connectivity index (χ2n) is 7.35. The van der Waals surface area contributed by atoms with E-state index in [2.05, 4.69) is 0 Å². The van der Waals surface area contributed by atoms with Gasteiger partial charge in [0.15, 0.2) is 0 Å². The van der Waals surface area contributed by atoms with E-state index in [9.17, 15) is 9.59 Å². The van der Waals surface area contributed by atoms with Crippen molar-refractivity contribution < 1.29 is 19.1 Å². The van der Waals surface area contributed by atoms with E-state index in [1.165, 1.54) is 4.90 Å². The molecule has 110 valence electrons. The Labute approximate surface area is 115 Å². The van der Waals surface area contributed by atoms with Crippen LogP contribution in [0.25, 0.3) is 0 Å². The van der Waals surface area contributed by atoms with E-state index in [0.29, 0.717) is 0 Å². The Balaban J connectivity index is 3.07. The first-order chi connectivity index (χ1) is 8.41. The summed E-state index contributed by atoms with van der Waals surface area (Å²) in [4.78, 5) is 25.1. The average molecular weight is 271 g/mol. The van der Waals surface area contributed by atoms with Crippen LogP contribution in [0.4, 0.5) is 4.79 Å². The van der Waals surface area contributed by atoms with E-state index < -0.39 is 23.5 Å². The van der Waals surface area contributed by atoms with E-state index in [-0.39, 0.29) is 12.0 Å². The van der Waals surface area contributed by atoms with E-state index in [1.807, 2.05) is 20.8 Å². The van der Waals surface area contributed by atoms with Gasteiger partial charge in [-0.3, -0.25) is 4.90 Å². The van der Waals surface area contributed by atoms with Gasteiger partial charge in [-0.2, -0.15) is 0 Å². The maximum atomic E-state index is 12.4. The molecule has 0 spiro atoms. The summed E-state index contributed by atoms with van der Waals surface area (Å²) >= 11 is 0. The van der Waals surface area contributed by atoms with Gasteiger partial charge in [-0.15, -0.1) is 0 Å². The summed E-state index contributed by atoms with van der Waals surface area (Å²) < 4.78 is 11.1. The lowest BCUT2D eigenvalue weighted by atomic mass is 9.92. The normalized spacial score (nSPS) is 28.4. The Morgan fingerprint density at radius 1 is 1.32 bits per heavy atom. The number of nitrogens with zero attached hydrogens (tertiary/aromatic N) is 1. The summed E-state index contributed by atoms with van der Waals surface area (Å²) in [5, 5.41) is 0. The summed E-state index contributed by atoms with van der Waals surface area (Å²) in [6, 6.07) is 0. The number of aldehydes is 1. The molecule has 2 atom stereocenters. The largest absolute Gasteiger partial charge is 0.444 e. The van der Waals surface area contributed by atoms with Crippen molar-refractivity contribution in [1.29, 1.82) is 0 Å². The molecule has 1 saturated heterocycles. The second kappa shape index (κ2) is 4.78. The van der Waals surface area contributed by atoms with Gasteiger partial charge < -0.3 is 14.3 Å². The first-order valence-electron chi connectivity index (χ1n) is 6.51. The van der Waals surface area contributed by atoms with Gasteiger partial charge in [0, 0.05) is 5.41 Å². The molecule has 1 fully saturated rings. The van der Waals surface area contributed by atoms with Crippen molar-refractivity contribution in [1.82, 2.24) is 4.90 Å². The van der Waals surface area contributed by atoms with Gasteiger partial charge >= 0.3 is 6.09 Å². The third-order valence-corrected chi connectivity index (χ3v) is 2.90. The SMILES string of the molecule is CC(C)(C)OC(=O)N1C(C(C)(C)C)OCC1(C)C=O. The van der Waals surface area contributed by atoms with Gasteiger partial charge in [-0.25, -0.2) is 4.79 Å². The van der Waals surface area contributed by atoms with Crippen LogP contribution in [-0.4, -0.2) is 41.3 Å². The zero-order valence-electron chi connectivity index (χ0n) is 12.9. The lowest BCUT2D eigenvalue weighted by Gasteiger charge is -2.38. The summed E-state index contributed by atoms with van der Waals surface area (Å²) in [6.45, 7) is 13.2.